The number of carbonyl (C=O) groups excluding carboxylic acids is 1. The molecule has 0 amide bonds. The summed E-state index contributed by atoms with van der Waals surface area (Å²) in [5, 5.41) is 9.76. The third kappa shape index (κ3) is 7.37. The summed E-state index contributed by atoms with van der Waals surface area (Å²) in [5.41, 5.74) is 0. The lowest BCUT2D eigenvalue weighted by molar-refractivity contribution is -0.150. The second-order valence-electron chi connectivity index (χ2n) is 4.91. The normalized spacial score (nSPS) is 15.5. The number of hydrogen-bond donors (Lipinski definition) is 1. The Balaban J connectivity index is 4.10. The van der Waals surface area contributed by atoms with Crippen molar-refractivity contribution in [3.63, 3.8) is 0 Å². The van der Waals surface area contributed by atoms with E-state index in [-0.39, 0.29) is 24.1 Å². The molecule has 3 nitrogen and oxygen atoms in total. The minimum atomic E-state index is -0.378. The van der Waals surface area contributed by atoms with Crippen molar-refractivity contribution in [3.05, 3.63) is 0 Å². The molecule has 0 fully saturated rings. The summed E-state index contributed by atoms with van der Waals surface area (Å²) in [4.78, 5) is 10.9. The van der Waals surface area contributed by atoms with Crippen molar-refractivity contribution >= 4 is 5.97 Å². The van der Waals surface area contributed by atoms with Crippen LogP contribution in [0.4, 0.5) is 0 Å². The molecule has 0 saturated carbocycles. The number of ether oxygens (including phenoxy) is 1. The molecule has 0 saturated heterocycles. The quantitative estimate of drug-likeness (QED) is 0.693. The molecule has 0 aliphatic heterocycles. The van der Waals surface area contributed by atoms with Gasteiger partial charge in [-0.2, -0.15) is 0 Å². The Morgan fingerprint density at radius 1 is 1.20 bits per heavy atom. The van der Waals surface area contributed by atoms with E-state index in [1.807, 2.05) is 13.8 Å². The fraction of sp³-hybridized carbons (Fsp3) is 0.917. The van der Waals surface area contributed by atoms with Gasteiger partial charge >= 0.3 is 5.97 Å². The minimum absolute atomic E-state index is 0.170. The van der Waals surface area contributed by atoms with E-state index in [4.69, 9.17) is 4.74 Å². The highest BCUT2D eigenvalue weighted by Crippen LogP contribution is 2.17. The van der Waals surface area contributed by atoms with Gasteiger partial charge in [-0.1, -0.05) is 27.7 Å². The first kappa shape index (κ1) is 14.4. The summed E-state index contributed by atoms with van der Waals surface area (Å²) in [7, 11) is 0. The SMILES string of the molecule is CC(=O)OC(CC(O)CC(C)C)C(C)C. The molecule has 0 heterocycles. The van der Waals surface area contributed by atoms with Crippen molar-refractivity contribution in [2.45, 2.75) is 59.7 Å². The molecule has 0 rings (SSSR count). The highest BCUT2D eigenvalue weighted by molar-refractivity contribution is 5.66. The summed E-state index contributed by atoms with van der Waals surface area (Å²) in [6, 6.07) is 0. The van der Waals surface area contributed by atoms with Crippen LogP contribution in [0.3, 0.4) is 0 Å². The molecule has 2 unspecified atom stereocenters. The van der Waals surface area contributed by atoms with Crippen LogP contribution in [-0.2, 0) is 9.53 Å². The maximum absolute atomic E-state index is 10.9. The average molecular weight is 216 g/mol. The third-order valence-electron chi connectivity index (χ3n) is 2.31. The maximum atomic E-state index is 10.9. The first-order chi connectivity index (χ1) is 6.82. The number of esters is 1. The molecule has 3 heteroatoms. The van der Waals surface area contributed by atoms with Gasteiger partial charge in [0.2, 0.25) is 0 Å². The molecule has 2 atom stereocenters. The van der Waals surface area contributed by atoms with Crippen LogP contribution in [-0.4, -0.2) is 23.3 Å². The zero-order valence-corrected chi connectivity index (χ0v) is 10.5. The van der Waals surface area contributed by atoms with Crippen LogP contribution in [0, 0.1) is 11.8 Å². The summed E-state index contributed by atoms with van der Waals surface area (Å²) in [6.45, 7) is 9.54. The summed E-state index contributed by atoms with van der Waals surface area (Å²) < 4.78 is 5.17. The molecule has 0 radical (unpaired) electrons. The van der Waals surface area contributed by atoms with Crippen molar-refractivity contribution in [1.82, 2.24) is 0 Å². The van der Waals surface area contributed by atoms with E-state index in [1.54, 1.807) is 0 Å². The smallest absolute Gasteiger partial charge is 0.302 e. The van der Waals surface area contributed by atoms with Crippen LogP contribution in [0.2, 0.25) is 0 Å². The van der Waals surface area contributed by atoms with E-state index in [1.165, 1.54) is 6.92 Å². The molecule has 1 N–H and O–H groups in total. The van der Waals surface area contributed by atoms with Gasteiger partial charge in [0.15, 0.2) is 0 Å². The number of aliphatic hydroxyl groups excluding tert-OH is 1. The molecule has 0 aromatic heterocycles. The van der Waals surface area contributed by atoms with Crippen LogP contribution in [0.5, 0.6) is 0 Å². The van der Waals surface area contributed by atoms with E-state index in [0.717, 1.165) is 6.42 Å². The first-order valence-corrected chi connectivity index (χ1v) is 5.68. The average Bonchev–Trinajstić information content (AvgIpc) is 1.99. The van der Waals surface area contributed by atoms with Gasteiger partial charge in [-0.05, 0) is 18.3 Å². The molecular weight excluding hydrogens is 192 g/mol. The lowest BCUT2D eigenvalue weighted by Gasteiger charge is -2.24. The highest BCUT2D eigenvalue weighted by atomic mass is 16.5. The zero-order valence-electron chi connectivity index (χ0n) is 10.5. The lowest BCUT2D eigenvalue weighted by Crippen LogP contribution is -2.28. The van der Waals surface area contributed by atoms with E-state index in [2.05, 4.69) is 13.8 Å². The Morgan fingerprint density at radius 3 is 2.07 bits per heavy atom. The van der Waals surface area contributed by atoms with Crippen LogP contribution in [0.1, 0.15) is 47.5 Å². The number of hydrogen-bond acceptors (Lipinski definition) is 3. The second-order valence-corrected chi connectivity index (χ2v) is 4.91. The molecule has 0 aromatic rings. The molecule has 0 aliphatic carbocycles. The van der Waals surface area contributed by atoms with E-state index in [0.29, 0.717) is 12.3 Å². The largest absolute Gasteiger partial charge is 0.462 e. The molecule has 90 valence electrons. The molecule has 0 bridgehead atoms. The van der Waals surface area contributed by atoms with Gasteiger partial charge in [-0.3, -0.25) is 4.79 Å². The predicted octanol–water partition coefficient (Wildman–Crippen LogP) is 2.37. The van der Waals surface area contributed by atoms with Crippen LogP contribution < -0.4 is 0 Å². The Morgan fingerprint density at radius 2 is 1.73 bits per heavy atom. The minimum Gasteiger partial charge on any atom is -0.462 e. The van der Waals surface area contributed by atoms with Crippen LogP contribution >= 0.6 is 0 Å². The molecule has 0 spiro atoms. The highest BCUT2D eigenvalue weighted by Gasteiger charge is 2.21. The van der Waals surface area contributed by atoms with Gasteiger partial charge in [0.05, 0.1) is 6.10 Å². The van der Waals surface area contributed by atoms with Crippen molar-refractivity contribution in [2.24, 2.45) is 11.8 Å². The Bertz CT molecular complexity index is 187. The van der Waals surface area contributed by atoms with Gasteiger partial charge in [-0.15, -0.1) is 0 Å². The molecule has 15 heavy (non-hydrogen) atoms. The zero-order chi connectivity index (χ0) is 12.0. The van der Waals surface area contributed by atoms with Crippen molar-refractivity contribution in [3.8, 4) is 0 Å². The topological polar surface area (TPSA) is 46.5 Å². The van der Waals surface area contributed by atoms with E-state index in [9.17, 15) is 9.90 Å². The summed E-state index contributed by atoms with van der Waals surface area (Å²) in [5.74, 6) is 0.436. The second kappa shape index (κ2) is 6.83. The summed E-state index contributed by atoms with van der Waals surface area (Å²) in [6.07, 6.45) is 0.743. The molecule has 0 aliphatic rings. The lowest BCUT2D eigenvalue weighted by atomic mass is 9.96. The fourth-order valence-electron chi connectivity index (χ4n) is 1.58. The molecule has 0 aromatic carbocycles. The maximum Gasteiger partial charge on any atom is 0.302 e. The van der Waals surface area contributed by atoms with E-state index < -0.39 is 0 Å². The van der Waals surface area contributed by atoms with Crippen molar-refractivity contribution in [2.75, 3.05) is 0 Å². The Kier molecular flexibility index (Phi) is 6.57. The van der Waals surface area contributed by atoms with Gasteiger partial charge in [0, 0.05) is 13.3 Å². The Labute approximate surface area is 92.8 Å². The van der Waals surface area contributed by atoms with Crippen molar-refractivity contribution in [1.29, 1.82) is 0 Å². The monoisotopic (exact) mass is 216 g/mol. The fourth-order valence-corrected chi connectivity index (χ4v) is 1.58. The van der Waals surface area contributed by atoms with Gasteiger partial charge < -0.3 is 9.84 Å². The van der Waals surface area contributed by atoms with Gasteiger partial charge in [0.1, 0.15) is 6.10 Å². The van der Waals surface area contributed by atoms with E-state index >= 15 is 0 Å². The first-order valence-electron chi connectivity index (χ1n) is 5.68. The Hall–Kier alpha value is -0.570. The standard InChI is InChI=1S/C12H24O3/c1-8(2)6-11(14)7-12(9(3)4)15-10(5)13/h8-9,11-12,14H,6-7H2,1-5H3. The van der Waals surface area contributed by atoms with Crippen LogP contribution in [0.25, 0.3) is 0 Å². The third-order valence-corrected chi connectivity index (χ3v) is 2.31. The molecular formula is C12H24O3. The number of rotatable bonds is 6. The van der Waals surface area contributed by atoms with Crippen molar-refractivity contribution < 1.29 is 14.6 Å². The number of aliphatic hydroxyl groups is 1. The predicted molar refractivity (Wildman–Crippen MR) is 60.5 cm³/mol. The van der Waals surface area contributed by atoms with Gasteiger partial charge in [0.25, 0.3) is 0 Å². The van der Waals surface area contributed by atoms with Gasteiger partial charge in [-0.25, -0.2) is 0 Å². The summed E-state index contributed by atoms with van der Waals surface area (Å²) >= 11 is 0. The number of carbonyl (C=O) groups is 1. The van der Waals surface area contributed by atoms with Crippen LogP contribution in [0.15, 0.2) is 0 Å².